The van der Waals surface area contributed by atoms with E-state index in [0.717, 1.165) is 16.7 Å². The molecule has 1 amide bonds. The van der Waals surface area contributed by atoms with Crippen LogP contribution in [0.4, 0.5) is 11.4 Å². The zero-order valence-electron chi connectivity index (χ0n) is 15.8. The zero-order chi connectivity index (χ0) is 20.1. The van der Waals surface area contributed by atoms with Gasteiger partial charge < -0.3 is 15.8 Å². The molecule has 0 bridgehead atoms. The Morgan fingerprint density at radius 3 is 2.36 bits per heavy atom. The standard InChI is InChI=1S/C23H22N2O3/c1-15-9-8-13-19(21(15)24)23(27)28-16(2)22(26)25-20-14-7-6-12-18(20)17-10-4-3-5-11-17/h3-14,16H,24H2,1-2H3,(H,25,26)/t16-/m0/s1. The summed E-state index contributed by atoms with van der Waals surface area (Å²) >= 11 is 0. The normalized spacial score (nSPS) is 11.5. The smallest absolute Gasteiger partial charge is 0.341 e. The van der Waals surface area contributed by atoms with Gasteiger partial charge in [-0.1, -0.05) is 60.7 Å². The van der Waals surface area contributed by atoms with Gasteiger partial charge in [-0.25, -0.2) is 4.79 Å². The Morgan fingerprint density at radius 2 is 1.61 bits per heavy atom. The first kappa shape index (κ1) is 19.2. The van der Waals surface area contributed by atoms with E-state index >= 15 is 0 Å². The summed E-state index contributed by atoms with van der Waals surface area (Å²) in [5.74, 6) is -1.04. The van der Waals surface area contributed by atoms with Crippen LogP contribution in [0.5, 0.6) is 0 Å². The van der Waals surface area contributed by atoms with Gasteiger partial charge in [0.1, 0.15) is 0 Å². The highest BCUT2D eigenvalue weighted by atomic mass is 16.5. The number of nitrogens with two attached hydrogens (primary N) is 1. The van der Waals surface area contributed by atoms with Crippen molar-refractivity contribution in [1.29, 1.82) is 0 Å². The van der Waals surface area contributed by atoms with Crippen LogP contribution in [0.2, 0.25) is 0 Å². The number of aryl methyl sites for hydroxylation is 1. The lowest BCUT2D eigenvalue weighted by atomic mass is 10.0. The summed E-state index contributed by atoms with van der Waals surface area (Å²) in [6.45, 7) is 3.34. The Bertz CT molecular complexity index is 1000. The van der Waals surface area contributed by atoms with Crippen LogP contribution < -0.4 is 11.1 Å². The van der Waals surface area contributed by atoms with Gasteiger partial charge >= 0.3 is 5.97 Å². The summed E-state index contributed by atoms with van der Waals surface area (Å²) in [5, 5.41) is 2.84. The van der Waals surface area contributed by atoms with Crippen molar-refractivity contribution in [3.63, 3.8) is 0 Å². The highest BCUT2D eigenvalue weighted by molar-refractivity contribution is 6.01. The topological polar surface area (TPSA) is 81.4 Å². The third-order valence-electron chi connectivity index (χ3n) is 4.47. The summed E-state index contributed by atoms with van der Waals surface area (Å²) in [7, 11) is 0. The molecule has 5 nitrogen and oxygen atoms in total. The third-order valence-corrected chi connectivity index (χ3v) is 4.47. The second-order valence-corrected chi connectivity index (χ2v) is 6.48. The monoisotopic (exact) mass is 374 g/mol. The molecule has 3 N–H and O–H groups in total. The molecule has 1 atom stereocenters. The Morgan fingerprint density at radius 1 is 0.929 bits per heavy atom. The summed E-state index contributed by atoms with van der Waals surface area (Å²) in [5.41, 5.74) is 9.85. The number of carbonyl (C=O) groups excluding carboxylic acids is 2. The molecule has 28 heavy (non-hydrogen) atoms. The molecular formula is C23H22N2O3. The van der Waals surface area contributed by atoms with Crippen molar-refractivity contribution in [2.45, 2.75) is 20.0 Å². The van der Waals surface area contributed by atoms with Crippen molar-refractivity contribution < 1.29 is 14.3 Å². The number of para-hydroxylation sites is 2. The SMILES string of the molecule is Cc1cccc(C(=O)O[C@@H](C)C(=O)Nc2ccccc2-c2ccccc2)c1N. The second-order valence-electron chi connectivity index (χ2n) is 6.48. The lowest BCUT2D eigenvalue weighted by Crippen LogP contribution is -2.30. The molecule has 0 aromatic heterocycles. The molecule has 142 valence electrons. The number of nitrogens with one attached hydrogen (secondary N) is 1. The molecule has 5 heteroatoms. The van der Waals surface area contributed by atoms with Crippen LogP contribution in [-0.2, 0) is 9.53 Å². The lowest BCUT2D eigenvalue weighted by molar-refractivity contribution is -0.123. The third kappa shape index (κ3) is 4.20. The van der Waals surface area contributed by atoms with E-state index in [2.05, 4.69) is 5.32 Å². The number of hydrogen-bond donors (Lipinski definition) is 2. The molecule has 0 saturated heterocycles. The van der Waals surface area contributed by atoms with E-state index in [1.54, 1.807) is 12.1 Å². The van der Waals surface area contributed by atoms with Gasteiger partial charge in [-0.15, -0.1) is 0 Å². The fourth-order valence-electron chi connectivity index (χ4n) is 2.83. The maximum atomic E-state index is 12.6. The molecule has 0 aliphatic carbocycles. The minimum atomic E-state index is -0.976. The number of benzene rings is 3. The highest BCUT2D eigenvalue weighted by Crippen LogP contribution is 2.27. The van der Waals surface area contributed by atoms with E-state index in [1.807, 2.05) is 67.6 Å². The first-order valence-corrected chi connectivity index (χ1v) is 8.98. The predicted octanol–water partition coefficient (Wildman–Crippen LogP) is 4.43. The highest BCUT2D eigenvalue weighted by Gasteiger charge is 2.21. The Hall–Kier alpha value is -3.60. The number of nitrogen functional groups attached to an aromatic ring is 1. The zero-order valence-corrected chi connectivity index (χ0v) is 15.8. The van der Waals surface area contributed by atoms with E-state index in [1.165, 1.54) is 6.92 Å². The molecule has 0 spiro atoms. The molecule has 0 aliphatic rings. The van der Waals surface area contributed by atoms with Crippen LogP contribution in [0.15, 0.2) is 72.8 Å². The maximum absolute atomic E-state index is 12.6. The van der Waals surface area contributed by atoms with Crippen LogP contribution in [0.3, 0.4) is 0 Å². The fourth-order valence-corrected chi connectivity index (χ4v) is 2.83. The van der Waals surface area contributed by atoms with Crippen molar-refractivity contribution in [3.05, 3.63) is 83.9 Å². The number of ether oxygens (including phenoxy) is 1. The summed E-state index contributed by atoms with van der Waals surface area (Å²) in [6.07, 6.45) is -0.976. The molecule has 0 saturated carbocycles. The molecular weight excluding hydrogens is 352 g/mol. The van der Waals surface area contributed by atoms with Crippen molar-refractivity contribution in [2.24, 2.45) is 0 Å². The Balaban J connectivity index is 1.73. The van der Waals surface area contributed by atoms with Crippen LogP contribution in [0.1, 0.15) is 22.8 Å². The quantitative estimate of drug-likeness (QED) is 0.511. The molecule has 0 unspecified atom stereocenters. The first-order chi connectivity index (χ1) is 13.5. The van der Waals surface area contributed by atoms with Crippen LogP contribution in [0.25, 0.3) is 11.1 Å². The van der Waals surface area contributed by atoms with Crippen LogP contribution >= 0.6 is 0 Å². The number of anilines is 2. The van der Waals surface area contributed by atoms with E-state index in [9.17, 15) is 9.59 Å². The van der Waals surface area contributed by atoms with Gasteiger partial charge in [0.05, 0.1) is 5.56 Å². The molecule has 3 aromatic carbocycles. The molecule has 0 radical (unpaired) electrons. The van der Waals surface area contributed by atoms with Crippen LogP contribution in [0, 0.1) is 6.92 Å². The molecule has 3 rings (SSSR count). The summed E-state index contributed by atoms with van der Waals surface area (Å²) in [4.78, 5) is 25.0. The molecule has 3 aromatic rings. The van der Waals surface area contributed by atoms with Gasteiger partial charge in [0, 0.05) is 16.9 Å². The van der Waals surface area contributed by atoms with Gasteiger partial charge in [-0.3, -0.25) is 4.79 Å². The fraction of sp³-hybridized carbons (Fsp3) is 0.130. The van der Waals surface area contributed by atoms with Crippen molar-refractivity contribution >= 4 is 23.3 Å². The maximum Gasteiger partial charge on any atom is 0.341 e. The summed E-state index contributed by atoms with van der Waals surface area (Å²) < 4.78 is 5.32. The second kappa shape index (κ2) is 8.39. The van der Waals surface area contributed by atoms with E-state index in [0.29, 0.717) is 11.4 Å². The van der Waals surface area contributed by atoms with E-state index < -0.39 is 18.0 Å². The Kier molecular flexibility index (Phi) is 5.75. The van der Waals surface area contributed by atoms with Crippen molar-refractivity contribution in [2.75, 3.05) is 11.1 Å². The number of carbonyl (C=O) groups is 2. The average Bonchev–Trinajstić information content (AvgIpc) is 2.71. The van der Waals surface area contributed by atoms with Gasteiger partial charge in [-0.05, 0) is 37.1 Å². The largest absolute Gasteiger partial charge is 0.449 e. The predicted molar refractivity (Wildman–Crippen MR) is 111 cm³/mol. The summed E-state index contributed by atoms with van der Waals surface area (Å²) in [6, 6.07) is 22.3. The number of amides is 1. The molecule has 0 fully saturated rings. The minimum absolute atomic E-state index is 0.254. The van der Waals surface area contributed by atoms with Crippen molar-refractivity contribution in [3.8, 4) is 11.1 Å². The van der Waals surface area contributed by atoms with Gasteiger partial charge in [0.15, 0.2) is 6.10 Å². The average molecular weight is 374 g/mol. The number of rotatable bonds is 5. The Labute approximate surface area is 164 Å². The molecule has 0 aliphatic heterocycles. The van der Waals surface area contributed by atoms with E-state index in [-0.39, 0.29) is 5.56 Å². The van der Waals surface area contributed by atoms with Crippen LogP contribution in [-0.4, -0.2) is 18.0 Å². The van der Waals surface area contributed by atoms with Crippen molar-refractivity contribution in [1.82, 2.24) is 0 Å². The van der Waals surface area contributed by atoms with Gasteiger partial charge in [0.2, 0.25) is 0 Å². The number of hydrogen-bond acceptors (Lipinski definition) is 4. The molecule has 0 heterocycles. The van der Waals surface area contributed by atoms with Gasteiger partial charge in [-0.2, -0.15) is 0 Å². The number of esters is 1. The minimum Gasteiger partial charge on any atom is -0.449 e. The van der Waals surface area contributed by atoms with Gasteiger partial charge in [0.25, 0.3) is 5.91 Å². The lowest BCUT2D eigenvalue weighted by Gasteiger charge is -2.16. The van der Waals surface area contributed by atoms with E-state index in [4.69, 9.17) is 10.5 Å². The first-order valence-electron chi connectivity index (χ1n) is 8.98.